The number of nitrogens with one attached hydrogen (secondary N) is 1. The number of rotatable bonds is 7. The van der Waals surface area contributed by atoms with Crippen LogP contribution in [0, 0.1) is 0 Å². The van der Waals surface area contributed by atoms with Crippen molar-refractivity contribution in [1.82, 2.24) is 14.5 Å². The molecule has 0 aliphatic carbocycles. The van der Waals surface area contributed by atoms with Gasteiger partial charge in [0.05, 0.1) is 28.7 Å². The average molecular weight is 486 g/mol. The number of fused-ring (bicyclic) bond motifs is 2. The van der Waals surface area contributed by atoms with E-state index in [0.29, 0.717) is 22.5 Å². The second-order valence-corrected chi connectivity index (χ2v) is 8.80. The van der Waals surface area contributed by atoms with Crippen molar-refractivity contribution in [2.45, 2.75) is 24.8 Å². The number of carbonyl (C=O) groups excluding carboxylic acids is 2. The number of nitrogens with zero attached hydrogens (tertiary/aromatic N) is 2. The number of hydrogen-bond donors (Lipinski definition) is 1. The van der Waals surface area contributed by atoms with E-state index in [1.165, 1.54) is 18.7 Å². The van der Waals surface area contributed by atoms with Gasteiger partial charge in [-0.15, -0.1) is 0 Å². The molecule has 7 nitrogen and oxygen atoms in total. The number of para-hydroxylation sites is 3. The van der Waals surface area contributed by atoms with Crippen LogP contribution in [-0.4, -0.2) is 33.1 Å². The number of imidazole rings is 1. The second-order valence-electron chi connectivity index (χ2n) is 7.83. The molecule has 0 unspecified atom stereocenters. The number of benzene rings is 3. The molecule has 0 saturated carbocycles. The van der Waals surface area contributed by atoms with Crippen LogP contribution >= 0.6 is 11.8 Å². The predicted molar refractivity (Wildman–Crippen MR) is 136 cm³/mol. The molecule has 3 aromatic carbocycles. The van der Waals surface area contributed by atoms with E-state index in [1.54, 1.807) is 19.1 Å². The maximum atomic E-state index is 13.2. The van der Waals surface area contributed by atoms with Gasteiger partial charge in [-0.25, -0.2) is 9.78 Å². The Morgan fingerprint density at radius 2 is 1.80 bits per heavy atom. The van der Waals surface area contributed by atoms with Crippen molar-refractivity contribution >= 4 is 45.6 Å². The van der Waals surface area contributed by atoms with Gasteiger partial charge in [0, 0.05) is 29.4 Å². The Morgan fingerprint density at radius 3 is 2.54 bits per heavy atom. The highest BCUT2D eigenvalue weighted by Gasteiger charge is 2.25. The van der Waals surface area contributed by atoms with Gasteiger partial charge in [-0.1, -0.05) is 42.1 Å². The first kappa shape index (κ1) is 22.7. The second kappa shape index (κ2) is 9.68. The topological polar surface area (TPSA) is 86.2 Å². The van der Waals surface area contributed by atoms with Crippen molar-refractivity contribution in [3.63, 3.8) is 0 Å². The smallest absolute Gasteiger partial charge is 0.340 e. The number of carbonyl (C=O) groups is 2. The molecule has 0 bridgehead atoms. The SMILES string of the molecule is CCOC(=O)c1c(CSc2nc3ccccc3[nH]2)n(-c2ccccc2)c2ccc(OC(C)=O)cc12. The number of H-pyrrole nitrogens is 1. The van der Waals surface area contributed by atoms with Crippen molar-refractivity contribution in [2.24, 2.45) is 0 Å². The fourth-order valence-electron chi connectivity index (χ4n) is 4.13. The molecule has 1 N–H and O–H groups in total. The minimum Gasteiger partial charge on any atom is -0.462 e. The third-order valence-electron chi connectivity index (χ3n) is 5.51. The van der Waals surface area contributed by atoms with Gasteiger partial charge in [-0.3, -0.25) is 4.79 Å². The van der Waals surface area contributed by atoms with Crippen LogP contribution < -0.4 is 4.74 Å². The van der Waals surface area contributed by atoms with Crippen LogP contribution in [0.5, 0.6) is 5.75 Å². The zero-order valence-corrected chi connectivity index (χ0v) is 20.1. The highest BCUT2D eigenvalue weighted by Crippen LogP contribution is 2.36. The third kappa shape index (κ3) is 4.52. The van der Waals surface area contributed by atoms with Gasteiger partial charge >= 0.3 is 11.9 Å². The molecule has 0 saturated heterocycles. The fraction of sp³-hybridized carbons (Fsp3) is 0.148. The molecule has 0 amide bonds. The normalized spacial score (nSPS) is 11.1. The minimum atomic E-state index is -0.426. The number of ether oxygens (including phenoxy) is 2. The molecular weight excluding hydrogens is 462 g/mol. The summed E-state index contributed by atoms with van der Waals surface area (Å²) in [5.41, 5.74) is 4.78. The lowest BCUT2D eigenvalue weighted by molar-refractivity contribution is -0.131. The molecule has 0 fully saturated rings. The summed E-state index contributed by atoms with van der Waals surface area (Å²) in [6, 6.07) is 23.0. The van der Waals surface area contributed by atoms with Gasteiger partial charge in [-0.2, -0.15) is 0 Å². The molecular formula is C27H23N3O4S. The molecule has 0 atom stereocenters. The molecule has 0 spiro atoms. The Bertz CT molecular complexity index is 1510. The maximum absolute atomic E-state index is 13.2. The summed E-state index contributed by atoms with van der Waals surface area (Å²) < 4.78 is 12.8. The minimum absolute atomic E-state index is 0.247. The van der Waals surface area contributed by atoms with E-state index >= 15 is 0 Å². The maximum Gasteiger partial charge on any atom is 0.340 e. The Morgan fingerprint density at radius 1 is 1.03 bits per heavy atom. The monoisotopic (exact) mass is 485 g/mol. The number of esters is 2. The first-order valence-electron chi connectivity index (χ1n) is 11.2. The summed E-state index contributed by atoms with van der Waals surface area (Å²) in [6.45, 7) is 3.37. The van der Waals surface area contributed by atoms with Gasteiger partial charge in [0.25, 0.3) is 0 Å². The zero-order chi connectivity index (χ0) is 24.4. The molecule has 176 valence electrons. The Kier molecular flexibility index (Phi) is 6.29. The van der Waals surface area contributed by atoms with Gasteiger partial charge in [0.15, 0.2) is 5.16 Å². The zero-order valence-electron chi connectivity index (χ0n) is 19.3. The lowest BCUT2D eigenvalue weighted by Crippen LogP contribution is -2.09. The van der Waals surface area contributed by atoms with Crippen LogP contribution in [0.25, 0.3) is 27.6 Å². The molecule has 5 rings (SSSR count). The molecule has 35 heavy (non-hydrogen) atoms. The van der Waals surface area contributed by atoms with Crippen LogP contribution in [0.15, 0.2) is 78.0 Å². The largest absolute Gasteiger partial charge is 0.462 e. The molecule has 0 aliphatic heterocycles. The van der Waals surface area contributed by atoms with Crippen LogP contribution in [0.4, 0.5) is 0 Å². The molecule has 5 aromatic rings. The molecule has 2 aromatic heterocycles. The summed E-state index contributed by atoms with van der Waals surface area (Å²) in [6.07, 6.45) is 0. The summed E-state index contributed by atoms with van der Waals surface area (Å²) in [5, 5.41) is 1.41. The van der Waals surface area contributed by atoms with Crippen LogP contribution in [0.2, 0.25) is 0 Å². The number of hydrogen-bond acceptors (Lipinski definition) is 6. The van der Waals surface area contributed by atoms with E-state index in [2.05, 4.69) is 14.5 Å². The Labute approximate surface area is 206 Å². The van der Waals surface area contributed by atoms with Crippen LogP contribution in [0.1, 0.15) is 29.9 Å². The first-order valence-corrected chi connectivity index (χ1v) is 12.2. The predicted octanol–water partition coefficient (Wildman–Crippen LogP) is 5.90. The van der Waals surface area contributed by atoms with Gasteiger partial charge in [0.2, 0.25) is 0 Å². The lowest BCUT2D eigenvalue weighted by Gasteiger charge is -2.12. The summed E-state index contributed by atoms with van der Waals surface area (Å²) >= 11 is 1.51. The van der Waals surface area contributed by atoms with Gasteiger partial charge < -0.3 is 19.0 Å². The first-order chi connectivity index (χ1) is 17.0. The van der Waals surface area contributed by atoms with Gasteiger partial charge in [-0.05, 0) is 49.4 Å². The Balaban J connectivity index is 1.68. The highest BCUT2D eigenvalue weighted by atomic mass is 32.2. The summed E-state index contributed by atoms with van der Waals surface area (Å²) in [7, 11) is 0. The highest BCUT2D eigenvalue weighted by molar-refractivity contribution is 7.98. The third-order valence-corrected chi connectivity index (χ3v) is 6.39. The van der Waals surface area contributed by atoms with E-state index in [-0.39, 0.29) is 6.61 Å². The molecule has 0 radical (unpaired) electrons. The van der Waals surface area contributed by atoms with E-state index < -0.39 is 11.9 Å². The molecule has 0 aliphatic rings. The Hall–Kier alpha value is -4.04. The van der Waals surface area contributed by atoms with Crippen LogP contribution in [-0.2, 0) is 15.3 Å². The molecule has 8 heteroatoms. The standard InChI is InChI=1S/C27H23N3O4S/c1-3-33-26(32)25-20-15-19(34-17(2)31)13-14-23(20)30(18-9-5-4-6-10-18)24(25)16-35-27-28-21-11-7-8-12-22(21)29-27/h4-15H,3,16H2,1-2H3,(H,28,29). The van der Waals surface area contributed by atoms with Crippen molar-refractivity contribution in [3.05, 3.63) is 84.1 Å². The van der Waals surface area contributed by atoms with Crippen molar-refractivity contribution in [2.75, 3.05) is 6.61 Å². The van der Waals surface area contributed by atoms with Crippen molar-refractivity contribution < 1.29 is 19.1 Å². The number of thioether (sulfide) groups is 1. The molecule has 2 heterocycles. The lowest BCUT2D eigenvalue weighted by atomic mass is 10.1. The number of aromatic amines is 1. The van der Waals surface area contributed by atoms with E-state index in [1.807, 2.05) is 60.7 Å². The van der Waals surface area contributed by atoms with Gasteiger partial charge in [0.1, 0.15) is 5.75 Å². The summed E-state index contributed by atoms with van der Waals surface area (Å²) in [4.78, 5) is 32.8. The number of aromatic nitrogens is 3. The van der Waals surface area contributed by atoms with Crippen LogP contribution in [0.3, 0.4) is 0 Å². The van der Waals surface area contributed by atoms with E-state index in [9.17, 15) is 9.59 Å². The quantitative estimate of drug-likeness (QED) is 0.175. The summed E-state index contributed by atoms with van der Waals surface area (Å²) in [5.74, 6) is -0.0183. The fourth-order valence-corrected chi connectivity index (χ4v) is 5.02. The van der Waals surface area contributed by atoms with E-state index in [4.69, 9.17) is 9.47 Å². The average Bonchev–Trinajstić information content (AvgIpc) is 3.41. The van der Waals surface area contributed by atoms with Crippen molar-refractivity contribution in [3.8, 4) is 11.4 Å². The van der Waals surface area contributed by atoms with E-state index in [0.717, 1.165) is 33.1 Å². The van der Waals surface area contributed by atoms with Crippen molar-refractivity contribution in [1.29, 1.82) is 0 Å².